The Morgan fingerprint density at radius 2 is 2.17 bits per heavy atom. The van der Waals surface area contributed by atoms with Crippen LogP contribution >= 0.6 is 22.9 Å². The Morgan fingerprint density at radius 3 is 2.61 bits per heavy atom. The van der Waals surface area contributed by atoms with Gasteiger partial charge in [0.2, 0.25) is 5.91 Å². The van der Waals surface area contributed by atoms with Crippen molar-refractivity contribution in [2.45, 2.75) is 45.7 Å². The van der Waals surface area contributed by atoms with Gasteiger partial charge in [0.1, 0.15) is 0 Å². The normalized spacial score (nSPS) is 14.3. The fourth-order valence-electron chi connectivity index (χ4n) is 1.94. The molecule has 1 aromatic heterocycles. The fourth-order valence-corrected chi connectivity index (χ4v) is 3.04. The van der Waals surface area contributed by atoms with Gasteiger partial charge >= 0.3 is 0 Å². The van der Waals surface area contributed by atoms with Gasteiger partial charge in [-0.05, 0) is 32.4 Å². The molecule has 0 aliphatic rings. The summed E-state index contributed by atoms with van der Waals surface area (Å²) in [6, 6.07) is 3.81. The van der Waals surface area contributed by atoms with E-state index in [4.69, 9.17) is 17.3 Å². The minimum absolute atomic E-state index is 0.0105. The first kappa shape index (κ1) is 15.5. The number of hydrogen-bond acceptors (Lipinski definition) is 3. The van der Waals surface area contributed by atoms with Crippen molar-refractivity contribution < 1.29 is 4.79 Å². The molecule has 0 saturated heterocycles. The summed E-state index contributed by atoms with van der Waals surface area (Å²) in [5, 5.41) is 0. The highest BCUT2D eigenvalue weighted by atomic mass is 35.5. The maximum absolute atomic E-state index is 12.4. The van der Waals surface area contributed by atoms with E-state index >= 15 is 0 Å². The number of nitrogens with two attached hydrogens (primary N) is 1. The molecule has 3 nitrogen and oxygen atoms in total. The number of amides is 1. The van der Waals surface area contributed by atoms with Crippen molar-refractivity contribution >= 4 is 28.8 Å². The molecule has 0 bridgehead atoms. The third-order valence-corrected chi connectivity index (χ3v) is 4.12. The van der Waals surface area contributed by atoms with Crippen molar-refractivity contribution in [1.82, 2.24) is 4.90 Å². The van der Waals surface area contributed by atoms with Crippen molar-refractivity contribution in [2.24, 2.45) is 5.73 Å². The first-order valence-electron chi connectivity index (χ1n) is 6.23. The van der Waals surface area contributed by atoms with E-state index in [1.165, 1.54) is 11.3 Å². The van der Waals surface area contributed by atoms with Crippen LogP contribution in [0.3, 0.4) is 0 Å². The number of halogens is 1. The van der Waals surface area contributed by atoms with E-state index in [1.807, 2.05) is 32.9 Å². The second-order valence-electron chi connectivity index (χ2n) is 4.69. The van der Waals surface area contributed by atoms with Gasteiger partial charge in [0.15, 0.2) is 0 Å². The first-order valence-corrected chi connectivity index (χ1v) is 7.42. The van der Waals surface area contributed by atoms with Crippen LogP contribution in [-0.4, -0.2) is 22.9 Å². The quantitative estimate of drug-likeness (QED) is 0.873. The summed E-state index contributed by atoms with van der Waals surface area (Å²) >= 11 is 7.40. The topological polar surface area (TPSA) is 46.3 Å². The number of hydrogen-bond donors (Lipinski definition) is 1. The molecule has 0 aromatic carbocycles. The molecule has 2 N–H and O–H groups in total. The smallest absolute Gasteiger partial charge is 0.242 e. The molecule has 0 spiro atoms. The van der Waals surface area contributed by atoms with E-state index in [0.717, 1.165) is 15.6 Å². The van der Waals surface area contributed by atoms with Gasteiger partial charge in [-0.3, -0.25) is 4.79 Å². The van der Waals surface area contributed by atoms with Crippen LogP contribution in [0.15, 0.2) is 12.1 Å². The molecule has 1 heterocycles. The molecule has 1 atom stereocenters. The molecular formula is C13H21ClN2OS. The van der Waals surface area contributed by atoms with Crippen LogP contribution in [-0.2, 0) is 11.3 Å². The van der Waals surface area contributed by atoms with Crippen molar-refractivity contribution in [2.75, 3.05) is 6.54 Å². The number of nitrogens with zero attached hydrogens (tertiary/aromatic N) is 1. The highest BCUT2D eigenvalue weighted by Crippen LogP contribution is 2.23. The van der Waals surface area contributed by atoms with Crippen molar-refractivity contribution in [3.63, 3.8) is 0 Å². The highest BCUT2D eigenvalue weighted by molar-refractivity contribution is 7.16. The van der Waals surface area contributed by atoms with Crippen LogP contribution in [0.5, 0.6) is 0 Å². The molecule has 0 fully saturated rings. The Balaban J connectivity index is 2.74. The molecular weight excluding hydrogens is 268 g/mol. The lowest BCUT2D eigenvalue weighted by molar-refractivity contribution is -0.137. The molecule has 5 heteroatoms. The van der Waals surface area contributed by atoms with Crippen LogP contribution in [0.4, 0.5) is 0 Å². The molecule has 1 aromatic rings. The Morgan fingerprint density at radius 1 is 1.50 bits per heavy atom. The van der Waals surface area contributed by atoms with E-state index in [0.29, 0.717) is 19.5 Å². The van der Waals surface area contributed by atoms with Crippen molar-refractivity contribution in [1.29, 1.82) is 0 Å². The van der Waals surface area contributed by atoms with Gasteiger partial charge < -0.3 is 10.6 Å². The second kappa shape index (κ2) is 6.55. The standard InChI is InChI=1S/C13H21ClN2OS/c1-4-8-13(3,15)12(17)16(5-2)9-10-6-7-11(14)18-10/h6-7H,4-5,8-9,15H2,1-3H3. The largest absolute Gasteiger partial charge is 0.336 e. The molecule has 0 aliphatic heterocycles. The van der Waals surface area contributed by atoms with Gasteiger partial charge in [-0.15, -0.1) is 11.3 Å². The summed E-state index contributed by atoms with van der Waals surface area (Å²) in [5.41, 5.74) is 5.32. The third-order valence-electron chi connectivity index (χ3n) is 2.90. The molecule has 18 heavy (non-hydrogen) atoms. The van der Waals surface area contributed by atoms with Gasteiger partial charge in [0.05, 0.1) is 16.4 Å². The van der Waals surface area contributed by atoms with Crippen molar-refractivity contribution in [3.8, 4) is 0 Å². The van der Waals surface area contributed by atoms with Gasteiger partial charge in [-0.25, -0.2) is 0 Å². The molecule has 1 unspecified atom stereocenters. The highest BCUT2D eigenvalue weighted by Gasteiger charge is 2.31. The van der Waals surface area contributed by atoms with Crippen LogP contribution < -0.4 is 5.73 Å². The lowest BCUT2D eigenvalue weighted by atomic mass is 9.95. The summed E-state index contributed by atoms with van der Waals surface area (Å²) in [5.74, 6) is 0.0105. The zero-order valence-electron chi connectivity index (χ0n) is 11.2. The Bertz CT molecular complexity index is 403. The molecule has 1 rings (SSSR count). The maximum Gasteiger partial charge on any atom is 0.242 e. The van der Waals surface area contributed by atoms with E-state index < -0.39 is 5.54 Å². The number of carbonyl (C=O) groups is 1. The molecule has 0 saturated carbocycles. The maximum atomic E-state index is 12.4. The van der Waals surface area contributed by atoms with E-state index in [-0.39, 0.29) is 5.91 Å². The number of thiophene rings is 1. The van der Waals surface area contributed by atoms with Gasteiger partial charge in [-0.1, -0.05) is 24.9 Å². The summed E-state index contributed by atoms with van der Waals surface area (Å²) < 4.78 is 0.748. The lowest BCUT2D eigenvalue weighted by Crippen LogP contribution is -2.52. The molecule has 0 aliphatic carbocycles. The van der Waals surface area contributed by atoms with E-state index in [9.17, 15) is 4.79 Å². The molecule has 1 amide bonds. The summed E-state index contributed by atoms with van der Waals surface area (Å²) in [7, 11) is 0. The summed E-state index contributed by atoms with van der Waals surface area (Å²) in [6.07, 6.45) is 1.61. The van der Waals surface area contributed by atoms with Gasteiger partial charge in [-0.2, -0.15) is 0 Å². The zero-order valence-corrected chi connectivity index (χ0v) is 12.8. The van der Waals surface area contributed by atoms with E-state index in [2.05, 4.69) is 0 Å². The Labute approximate surface area is 118 Å². The minimum atomic E-state index is -0.772. The van der Waals surface area contributed by atoms with Gasteiger partial charge in [0.25, 0.3) is 0 Å². The predicted octanol–water partition coefficient (Wildman–Crippen LogP) is 3.27. The van der Waals surface area contributed by atoms with Gasteiger partial charge in [0, 0.05) is 11.4 Å². The second-order valence-corrected chi connectivity index (χ2v) is 6.49. The summed E-state index contributed by atoms with van der Waals surface area (Å²) in [4.78, 5) is 15.2. The fraction of sp³-hybridized carbons (Fsp3) is 0.615. The number of carbonyl (C=O) groups excluding carboxylic acids is 1. The number of likely N-dealkylation sites (N-methyl/N-ethyl adjacent to an activating group) is 1. The summed E-state index contributed by atoms with van der Waals surface area (Å²) in [6.45, 7) is 7.06. The third kappa shape index (κ3) is 3.97. The average molecular weight is 289 g/mol. The monoisotopic (exact) mass is 288 g/mol. The Hall–Kier alpha value is -0.580. The Kier molecular flexibility index (Phi) is 5.63. The SMILES string of the molecule is CCCC(C)(N)C(=O)N(CC)Cc1ccc(Cl)s1. The van der Waals surface area contributed by atoms with Crippen molar-refractivity contribution in [3.05, 3.63) is 21.3 Å². The minimum Gasteiger partial charge on any atom is -0.336 e. The lowest BCUT2D eigenvalue weighted by Gasteiger charge is -2.30. The predicted molar refractivity (Wildman–Crippen MR) is 77.9 cm³/mol. The molecule has 0 radical (unpaired) electrons. The zero-order chi connectivity index (χ0) is 13.8. The van der Waals surface area contributed by atoms with Crippen LogP contribution in [0.1, 0.15) is 38.5 Å². The first-order chi connectivity index (χ1) is 8.40. The molecule has 102 valence electrons. The van der Waals surface area contributed by atoms with E-state index in [1.54, 1.807) is 4.90 Å². The average Bonchev–Trinajstić information content (AvgIpc) is 2.70. The number of rotatable bonds is 6. The van der Waals surface area contributed by atoms with Crippen LogP contribution in [0.2, 0.25) is 4.34 Å². The van der Waals surface area contributed by atoms with Crippen LogP contribution in [0.25, 0.3) is 0 Å². The van der Waals surface area contributed by atoms with Crippen LogP contribution in [0, 0.1) is 0 Å².